The molecule has 0 atom stereocenters. The number of nitro groups is 1. The van der Waals surface area contributed by atoms with E-state index < -0.39 is 46.5 Å². The number of esters is 1. The maximum Gasteiger partial charge on any atom is 0.416 e. The summed E-state index contributed by atoms with van der Waals surface area (Å²) in [5.41, 5.74) is -2.63. The summed E-state index contributed by atoms with van der Waals surface area (Å²) in [6, 6.07) is 6.54. The van der Waals surface area contributed by atoms with Gasteiger partial charge in [-0.05, 0) is 36.4 Å². The Morgan fingerprint density at radius 3 is 2.33 bits per heavy atom. The number of aromatic hydroxyl groups is 1. The molecule has 142 valence electrons. The Bertz CT molecular complexity index is 881. The Labute approximate surface area is 149 Å². The van der Waals surface area contributed by atoms with E-state index >= 15 is 0 Å². The van der Waals surface area contributed by atoms with Crippen LogP contribution in [0.25, 0.3) is 0 Å². The first-order valence-electron chi connectivity index (χ1n) is 7.19. The molecule has 0 aliphatic carbocycles. The topological polar surface area (TPSA) is 119 Å². The van der Waals surface area contributed by atoms with Gasteiger partial charge in [-0.25, -0.2) is 4.79 Å². The Morgan fingerprint density at radius 2 is 1.78 bits per heavy atom. The lowest BCUT2D eigenvalue weighted by molar-refractivity contribution is -0.384. The lowest BCUT2D eigenvalue weighted by Crippen LogP contribution is -2.21. The molecule has 0 saturated heterocycles. The Morgan fingerprint density at radius 1 is 1.15 bits per heavy atom. The number of amides is 1. The second-order valence-electron chi connectivity index (χ2n) is 5.16. The van der Waals surface area contributed by atoms with Crippen molar-refractivity contribution in [3.63, 3.8) is 0 Å². The van der Waals surface area contributed by atoms with E-state index in [-0.39, 0.29) is 17.4 Å². The number of hydrogen-bond acceptors (Lipinski definition) is 6. The maximum atomic E-state index is 12.6. The van der Waals surface area contributed by atoms with Crippen molar-refractivity contribution >= 4 is 23.3 Å². The van der Waals surface area contributed by atoms with E-state index in [0.717, 1.165) is 6.07 Å². The predicted molar refractivity (Wildman–Crippen MR) is 85.1 cm³/mol. The number of carbonyl (C=O) groups excluding carboxylic acids is 2. The van der Waals surface area contributed by atoms with Crippen LogP contribution in [0.15, 0.2) is 42.5 Å². The molecule has 0 aromatic heterocycles. The highest BCUT2D eigenvalue weighted by Gasteiger charge is 2.33. The van der Waals surface area contributed by atoms with Gasteiger partial charge in [0.25, 0.3) is 11.6 Å². The summed E-state index contributed by atoms with van der Waals surface area (Å²) >= 11 is 0. The molecule has 0 heterocycles. The smallest absolute Gasteiger partial charge is 0.416 e. The average Bonchev–Trinajstić information content (AvgIpc) is 2.59. The quantitative estimate of drug-likeness (QED) is 0.464. The highest BCUT2D eigenvalue weighted by atomic mass is 19.4. The number of anilines is 1. The Hall–Kier alpha value is -3.63. The molecule has 0 aliphatic heterocycles. The van der Waals surface area contributed by atoms with Gasteiger partial charge in [0, 0.05) is 6.07 Å². The minimum Gasteiger partial charge on any atom is -0.508 e. The third kappa shape index (κ3) is 5.17. The van der Waals surface area contributed by atoms with Crippen LogP contribution < -0.4 is 5.32 Å². The summed E-state index contributed by atoms with van der Waals surface area (Å²) in [5, 5.41) is 22.1. The van der Waals surface area contributed by atoms with Crippen molar-refractivity contribution in [2.24, 2.45) is 0 Å². The van der Waals surface area contributed by atoms with Crippen LogP contribution in [0.4, 0.5) is 24.5 Å². The highest BCUT2D eigenvalue weighted by molar-refractivity contribution is 5.96. The molecule has 0 radical (unpaired) electrons. The van der Waals surface area contributed by atoms with Gasteiger partial charge in [0.2, 0.25) is 0 Å². The lowest BCUT2D eigenvalue weighted by Gasteiger charge is -2.10. The maximum absolute atomic E-state index is 12.6. The molecule has 27 heavy (non-hydrogen) atoms. The summed E-state index contributed by atoms with van der Waals surface area (Å²) < 4.78 is 42.6. The normalized spacial score (nSPS) is 10.9. The summed E-state index contributed by atoms with van der Waals surface area (Å²) in [5.74, 6) is -1.96. The molecular weight excluding hydrogens is 373 g/mol. The van der Waals surface area contributed by atoms with E-state index in [1.165, 1.54) is 24.3 Å². The second-order valence-corrected chi connectivity index (χ2v) is 5.16. The van der Waals surface area contributed by atoms with Crippen LogP contribution in [0, 0.1) is 10.1 Å². The number of nitrogens with zero attached hydrogens (tertiary/aromatic N) is 1. The van der Waals surface area contributed by atoms with Crippen molar-refractivity contribution in [1.82, 2.24) is 0 Å². The zero-order valence-corrected chi connectivity index (χ0v) is 13.3. The second kappa shape index (κ2) is 7.72. The van der Waals surface area contributed by atoms with Crippen molar-refractivity contribution in [3.05, 3.63) is 63.7 Å². The summed E-state index contributed by atoms with van der Waals surface area (Å²) in [4.78, 5) is 33.4. The number of phenolic OH excluding ortho intramolecular Hbond substituents is 1. The molecule has 1 amide bonds. The van der Waals surface area contributed by atoms with Crippen molar-refractivity contribution in [1.29, 1.82) is 0 Å². The third-order valence-corrected chi connectivity index (χ3v) is 3.23. The zero-order chi connectivity index (χ0) is 20.2. The molecule has 11 heteroatoms. The van der Waals surface area contributed by atoms with E-state index in [9.17, 15) is 32.9 Å². The first-order chi connectivity index (χ1) is 12.6. The number of benzene rings is 2. The fourth-order valence-electron chi connectivity index (χ4n) is 1.96. The molecule has 2 N–H and O–H groups in total. The number of nitro benzene ring substituents is 1. The van der Waals surface area contributed by atoms with E-state index in [1.54, 1.807) is 0 Å². The Kier molecular flexibility index (Phi) is 5.63. The first kappa shape index (κ1) is 19.7. The number of rotatable bonds is 5. The molecule has 0 bridgehead atoms. The standard InChI is InChI=1S/C16H11F3N2O6/c17-16(18,19)10-3-6-12(13(7-10)21(25)26)20-14(23)8-27-15(24)9-1-4-11(22)5-2-9/h1-7,22H,8H2,(H,20,23). The molecule has 0 unspecified atom stereocenters. The largest absolute Gasteiger partial charge is 0.508 e. The van der Waals surface area contributed by atoms with Gasteiger partial charge in [-0.2, -0.15) is 13.2 Å². The van der Waals surface area contributed by atoms with E-state index in [0.29, 0.717) is 6.07 Å². The fourth-order valence-corrected chi connectivity index (χ4v) is 1.96. The third-order valence-electron chi connectivity index (χ3n) is 3.23. The fraction of sp³-hybridized carbons (Fsp3) is 0.125. The van der Waals surface area contributed by atoms with Crippen molar-refractivity contribution in [3.8, 4) is 5.75 Å². The van der Waals surface area contributed by atoms with Gasteiger partial charge in [0.1, 0.15) is 11.4 Å². The minimum absolute atomic E-state index is 0.0427. The Balaban J connectivity index is 2.05. The summed E-state index contributed by atoms with van der Waals surface area (Å²) in [7, 11) is 0. The molecular formula is C16H11F3N2O6. The summed E-state index contributed by atoms with van der Waals surface area (Å²) in [6.07, 6.45) is -4.78. The molecule has 0 aliphatic rings. The first-order valence-corrected chi connectivity index (χ1v) is 7.19. The molecule has 0 fully saturated rings. The van der Waals surface area contributed by atoms with Gasteiger partial charge in [0.05, 0.1) is 16.1 Å². The molecule has 0 saturated carbocycles. The van der Waals surface area contributed by atoms with Gasteiger partial charge in [-0.15, -0.1) is 0 Å². The van der Waals surface area contributed by atoms with Crippen LogP contribution in [-0.4, -0.2) is 28.5 Å². The monoisotopic (exact) mass is 384 g/mol. The number of ether oxygens (including phenoxy) is 1. The number of halogens is 3. The van der Waals surface area contributed by atoms with Crippen molar-refractivity contribution < 1.29 is 37.5 Å². The van der Waals surface area contributed by atoms with Crippen LogP contribution in [0.3, 0.4) is 0 Å². The number of alkyl halides is 3. The number of hydrogen-bond donors (Lipinski definition) is 2. The van der Waals surface area contributed by atoms with Crippen LogP contribution in [0.2, 0.25) is 0 Å². The van der Waals surface area contributed by atoms with Crippen LogP contribution >= 0.6 is 0 Å². The molecule has 2 rings (SSSR count). The van der Waals surface area contributed by atoms with Crippen LogP contribution in [0.1, 0.15) is 15.9 Å². The van der Waals surface area contributed by atoms with Crippen molar-refractivity contribution in [2.75, 3.05) is 11.9 Å². The molecule has 2 aromatic rings. The average molecular weight is 384 g/mol. The van der Waals surface area contributed by atoms with Crippen LogP contribution in [0.5, 0.6) is 5.75 Å². The summed E-state index contributed by atoms with van der Waals surface area (Å²) in [6.45, 7) is -0.822. The molecule has 2 aromatic carbocycles. The lowest BCUT2D eigenvalue weighted by atomic mass is 10.1. The van der Waals surface area contributed by atoms with Gasteiger partial charge < -0.3 is 15.2 Å². The SMILES string of the molecule is O=C(COC(=O)c1ccc(O)cc1)Nc1ccc(C(F)(F)F)cc1[N+](=O)[O-]. The van der Waals surface area contributed by atoms with E-state index in [1.807, 2.05) is 5.32 Å². The van der Waals surface area contributed by atoms with Gasteiger partial charge in [-0.1, -0.05) is 0 Å². The van der Waals surface area contributed by atoms with E-state index in [2.05, 4.69) is 0 Å². The number of nitrogens with one attached hydrogen (secondary N) is 1. The number of phenols is 1. The molecule has 0 spiro atoms. The zero-order valence-electron chi connectivity index (χ0n) is 13.3. The van der Waals surface area contributed by atoms with E-state index in [4.69, 9.17) is 9.84 Å². The van der Waals surface area contributed by atoms with Gasteiger partial charge in [-0.3, -0.25) is 14.9 Å². The van der Waals surface area contributed by atoms with Crippen molar-refractivity contribution in [2.45, 2.75) is 6.18 Å². The predicted octanol–water partition coefficient (Wildman–Crippen LogP) is 3.11. The number of carbonyl (C=O) groups is 2. The van der Waals surface area contributed by atoms with Gasteiger partial charge in [0.15, 0.2) is 6.61 Å². The van der Waals surface area contributed by atoms with Crippen LogP contribution in [-0.2, 0) is 15.7 Å². The molecule has 8 nitrogen and oxygen atoms in total. The van der Waals surface area contributed by atoms with Gasteiger partial charge >= 0.3 is 12.1 Å². The highest BCUT2D eigenvalue weighted by Crippen LogP contribution is 2.34. The minimum atomic E-state index is -4.78.